The van der Waals surface area contributed by atoms with Crippen molar-refractivity contribution in [3.05, 3.63) is 26.7 Å². The largest absolute Gasteiger partial charge is 0.358 e. The van der Waals surface area contributed by atoms with E-state index >= 15 is 0 Å². The highest BCUT2D eigenvalue weighted by molar-refractivity contribution is 8.22. The smallest absolute Gasteiger partial charge is 0.330 e. The summed E-state index contributed by atoms with van der Waals surface area (Å²) in [4.78, 5) is 34.0. The lowest BCUT2D eigenvalue weighted by atomic mass is 10.3. The number of H-pyrrole nitrogens is 1. The lowest BCUT2D eigenvalue weighted by molar-refractivity contribution is 0.539. The fraction of sp³-hybridized carbons (Fsp3) is 0.647. The van der Waals surface area contributed by atoms with Crippen LogP contribution in [0.3, 0.4) is 0 Å². The van der Waals surface area contributed by atoms with Crippen molar-refractivity contribution in [2.24, 2.45) is 0 Å². The van der Waals surface area contributed by atoms with Crippen molar-refractivity contribution >= 4 is 39.5 Å². The number of thioether (sulfide) groups is 1. The van der Waals surface area contributed by atoms with E-state index in [0.29, 0.717) is 30.0 Å². The Balaban J connectivity index is 1.94. The summed E-state index contributed by atoms with van der Waals surface area (Å²) >= 11 is 7.11. The fourth-order valence-electron chi connectivity index (χ4n) is 3.31. The van der Waals surface area contributed by atoms with E-state index in [9.17, 15) is 9.59 Å². The molecule has 2 aromatic heterocycles. The number of hydrogen-bond acceptors (Lipinski definition) is 5. The molecule has 3 rings (SSSR count). The van der Waals surface area contributed by atoms with Gasteiger partial charge in [-0.2, -0.15) is 0 Å². The molecular formula is C17H25N5O2S2. The predicted molar refractivity (Wildman–Crippen MR) is 110 cm³/mol. The zero-order chi connectivity index (χ0) is 18.7. The summed E-state index contributed by atoms with van der Waals surface area (Å²) in [5, 5.41) is 0. The van der Waals surface area contributed by atoms with Crippen molar-refractivity contribution in [3.8, 4) is 0 Å². The van der Waals surface area contributed by atoms with Crippen molar-refractivity contribution in [3.63, 3.8) is 0 Å². The molecular weight excluding hydrogens is 370 g/mol. The van der Waals surface area contributed by atoms with Crippen molar-refractivity contribution < 1.29 is 0 Å². The Bertz CT molecular complexity index is 908. The number of imidazole rings is 1. The number of unbranched alkanes of at least 4 members (excludes halogenated alkanes) is 1. The number of nitrogens with zero attached hydrogens (tertiary/aromatic N) is 4. The Morgan fingerprint density at radius 3 is 2.62 bits per heavy atom. The second-order valence-electron chi connectivity index (χ2n) is 6.46. The number of likely N-dealkylation sites (tertiary alicyclic amines) is 1. The molecule has 1 aliphatic rings. The summed E-state index contributed by atoms with van der Waals surface area (Å²) in [7, 11) is 0. The van der Waals surface area contributed by atoms with Gasteiger partial charge in [0.2, 0.25) is 0 Å². The number of aryl methyl sites for hydroxylation is 2. The molecule has 142 valence electrons. The van der Waals surface area contributed by atoms with E-state index in [1.165, 1.54) is 12.8 Å². The third kappa shape index (κ3) is 3.73. The standard InChI is InChI=1S/C17H25N5O2S2/c1-3-5-10-22-14-13(15(23)19-16(22)24)21(4-2)12(18-14)11-26-17(25)20-8-6-7-9-20/h3-11H2,1-2H3,(H,19,23,24). The van der Waals surface area contributed by atoms with Gasteiger partial charge in [0.1, 0.15) is 10.1 Å². The highest BCUT2D eigenvalue weighted by atomic mass is 32.2. The summed E-state index contributed by atoms with van der Waals surface area (Å²) in [6, 6.07) is 0. The van der Waals surface area contributed by atoms with Crippen molar-refractivity contribution in [1.82, 2.24) is 24.0 Å². The van der Waals surface area contributed by atoms with E-state index in [4.69, 9.17) is 12.2 Å². The number of nitrogens with one attached hydrogen (secondary N) is 1. The van der Waals surface area contributed by atoms with Crippen LogP contribution >= 0.6 is 24.0 Å². The first-order chi connectivity index (χ1) is 12.6. The van der Waals surface area contributed by atoms with Crippen LogP contribution in [-0.4, -0.2) is 41.4 Å². The van der Waals surface area contributed by atoms with E-state index in [1.54, 1.807) is 16.3 Å². The minimum atomic E-state index is -0.386. The number of thiocarbonyl (C=S) groups is 1. The average molecular weight is 396 g/mol. The molecule has 26 heavy (non-hydrogen) atoms. The Hall–Kier alpha value is -1.61. The third-order valence-electron chi connectivity index (χ3n) is 4.71. The molecule has 0 bridgehead atoms. The maximum Gasteiger partial charge on any atom is 0.330 e. The monoisotopic (exact) mass is 395 g/mol. The first kappa shape index (κ1) is 19.2. The van der Waals surface area contributed by atoms with Crippen LogP contribution in [0.5, 0.6) is 0 Å². The fourth-order valence-corrected chi connectivity index (χ4v) is 4.51. The molecule has 0 saturated carbocycles. The van der Waals surface area contributed by atoms with Crippen LogP contribution in [0.2, 0.25) is 0 Å². The second kappa shape index (κ2) is 8.39. The third-order valence-corrected chi connectivity index (χ3v) is 6.22. The Labute approximate surface area is 161 Å². The van der Waals surface area contributed by atoms with Gasteiger partial charge in [0.15, 0.2) is 11.2 Å². The van der Waals surface area contributed by atoms with Crippen LogP contribution in [0.1, 0.15) is 45.4 Å². The van der Waals surface area contributed by atoms with Gasteiger partial charge in [-0.3, -0.25) is 14.3 Å². The summed E-state index contributed by atoms with van der Waals surface area (Å²) in [6.45, 7) is 7.27. The first-order valence-corrected chi connectivity index (χ1v) is 10.6. The summed E-state index contributed by atoms with van der Waals surface area (Å²) in [5.41, 5.74) is 0.205. The van der Waals surface area contributed by atoms with Crippen LogP contribution in [0, 0.1) is 0 Å². The minimum absolute atomic E-state index is 0.370. The summed E-state index contributed by atoms with van der Waals surface area (Å²) < 4.78 is 4.36. The maximum atomic E-state index is 12.4. The number of aromatic amines is 1. The molecule has 0 aromatic carbocycles. The van der Waals surface area contributed by atoms with Crippen LogP contribution in [0.25, 0.3) is 11.2 Å². The SMILES string of the molecule is CCCCn1c(=O)[nH]c(=O)c2c1nc(CSC(=S)N1CCCC1)n2CC. The van der Waals surface area contributed by atoms with Crippen LogP contribution in [0.4, 0.5) is 0 Å². The molecule has 0 radical (unpaired) electrons. The lowest BCUT2D eigenvalue weighted by Crippen LogP contribution is -2.31. The molecule has 3 heterocycles. The van der Waals surface area contributed by atoms with E-state index in [1.807, 2.05) is 11.5 Å². The van der Waals surface area contributed by atoms with Crippen LogP contribution < -0.4 is 11.2 Å². The van der Waals surface area contributed by atoms with Gasteiger partial charge < -0.3 is 9.47 Å². The van der Waals surface area contributed by atoms with Gasteiger partial charge in [0.25, 0.3) is 5.56 Å². The number of fused-ring (bicyclic) bond motifs is 1. The Morgan fingerprint density at radius 1 is 1.23 bits per heavy atom. The second-order valence-corrected chi connectivity index (χ2v) is 8.07. The normalized spacial score (nSPS) is 14.5. The molecule has 2 aromatic rings. The molecule has 0 spiro atoms. The molecule has 0 aliphatic carbocycles. The van der Waals surface area contributed by atoms with Gasteiger partial charge in [0.05, 0.1) is 5.75 Å². The zero-order valence-electron chi connectivity index (χ0n) is 15.3. The summed E-state index contributed by atoms with van der Waals surface area (Å²) in [6.07, 6.45) is 4.21. The topological polar surface area (TPSA) is 75.9 Å². The van der Waals surface area contributed by atoms with Gasteiger partial charge in [-0.05, 0) is 26.2 Å². The molecule has 0 amide bonds. The molecule has 1 saturated heterocycles. The van der Waals surface area contributed by atoms with Crippen LogP contribution in [0.15, 0.2) is 9.59 Å². The molecule has 7 nitrogen and oxygen atoms in total. The van der Waals surface area contributed by atoms with Crippen molar-refractivity contribution in [2.45, 2.75) is 58.4 Å². The minimum Gasteiger partial charge on any atom is -0.358 e. The van der Waals surface area contributed by atoms with Gasteiger partial charge in [-0.25, -0.2) is 9.78 Å². The predicted octanol–water partition coefficient (Wildman–Crippen LogP) is 2.32. The average Bonchev–Trinajstić information content (AvgIpc) is 3.27. The van der Waals surface area contributed by atoms with Gasteiger partial charge >= 0.3 is 5.69 Å². The number of hydrogen-bond donors (Lipinski definition) is 1. The highest BCUT2D eigenvalue weighted by Crippen LogP contribution is 2.22. The molecule has 0 unspecified atom stereocenters. The quantitative estimate of drug-likeness (QED) is 0.757. The van der Waals surface area contributed by atoms with E-state index < -0.39 is 0 Å². The van der Waals surface area contributed by atoms with Gasteiger partial charge in [-0.15, -0.1) is 0 Å². The van der Waals surface area contributed by atoms with E-state index in [2.05, 4.69) is 21.8 Å². The molecule has 1 aliphatic heterocycles. The number of rotatable bonds is 6. The first-order valence-electron chi connectivity index (χ1n) is 9.20. The number of aromatic nitrogens is 4. The van der Waals surface area contributed by atoms with Crippen molar-refractivity contribution in [2.75, 3.05) is 13.1 Å². The zero-order valence-corrected chi connectivity index (χ0v) is 16.9. The highest BCUT2D eigenvalue weighted by Gasteiger charge is 2.20. The lowest BCUT2D eigenvalue weighted by Gasteiger charge is -2.17. The Morgan fingerprint density at radius 2 is 1.96 bits per heavy atom. The maximum absolute atomic E-state index is 12.4. The molecule has 1 fully saturated rings. The van der Waals surface area contributed by atoms with Gasteiger partial charge in [0, 0.05) is 26.2 Å². The molecule has 0 atom stereocenters. The molecule has 1 N–H and O–H groups in total. The van der Waals surface area contributed by atoms with E-state index in [-0.39, 0.29) is 11.2 Å². The summed E-state index contributed by atoms with van der Waals surface area (Å²) in [5.74, 6) is 1.38. The Kier molecular flexibility index (Phi) is 6.18. The molecule has 9 heteroatoms. The van der Waals surface area contributed by atoms with Gasteiger partial charge in [-0.1, -0.05) is 37.3 Å². The van der Waals surface area contributed by atoms with Crippen LogP contribution in [-0.2, 0) is 18.8 Å². The van der Waals surface area contributed by atoms with Crippen molar-refractivity contribution in [1.29, 1.82) is 0 Å². The van der Waals surface area contributed by atoms with E-state index in [0.717, 1.165) is 36.1 Å².